The van der Waals surface area contributed by atoms with Crippen molar-refractivity contribution >= 4 is 0 Å². The molecule has 0 saturated heterocycles. The van der Waals surface area contributed by atoms with Crippen molar-refractivity contribution in [2.45, 2.75) is 65.8 Å². The normalized spacial score (nSPS) is 24.6. The molecule has 0 spiro atoms. The molecule has 0 unspecified atom stereocenters. The summed E-state index contributed by atoms with van der Waals surface area (Å²) < 4.78 is 0. The molecule has 96 valence electrons. The Hall–Kier alpha value is -0.0800. The lowest BCUT2D eigenvalue weighted by molar-refractivity contribution is 0.0849. The van der Waals surface area contributed by atoms with E-state index in [9.17, 15) is 0 Å². The van der Waals surface area contributed by atoms with Crippen molar-refractivity contribution in [3.8, 4) is 0 Å². The Kier molecular flexibility index (Phi) is 4.81. The highest BCUT2D eigenvalue weighted by atomic mass is 16.2. The molecule has 0 radical (unpaired) electrons. The van der Waals surface area contributed by atoms with Crippen molar-refractivity contribution in [2.24, 2.45) is 10.8 Å². The lowest BCUT2D eigenvalue weighted by Gasteiger charge is -2.45. The summed E-state index contributed by atoms with van der Waals surface area (Å²) in [7, 11) is 0. The maximum Gasteiger partial charge on any atom is 0.0431 e. The van der Waals surface area contributed by atoms with E-state index in [-0.39, 0.29) is 0 Å². The summed E-state index contributed by atoms with van der Waals surface area (Å²) >= 11 is 0. The highest BCUT2D eigenvalue weighted by Crippen LogP contribution is 2.45. The standard InChI is InChI=1S/C14H29NO/c1-13(2)9-12(10-14(3,4)11-13)15-7-5-6-8-16/h12,15-16H,5-11H2,1-4H3. The van der Waals surface area contributed by atoms with Crippen LogP contribution in [0.5, 0.6) is 0 Å². The van der Waals surface area contributed by atoms with E-state index in [0.717, 1.165) is 19.4 Å². The molecule has 0 aromatic carbocycles. The Labute approximate surface area is 101 Å². The molecular formula is C14H29NO. The predicted molar refractivity (Wildman–Crippen MR) is 69.5 cm³/mol. The zero-order chi connectivity index (χ0) is 12.2. The summed E-state index contributed by atoms with van der Waals surface area (Å²) in [6.07, 6.45) is 5.92. The van der Waals surface area contributed by atoms with Crippen molar-refractivity contribution in [3.05, 3.63) is 0 Å². The smallest absolute Gasteiger partial charge is 0.0431 e. The molecule has 0 aromatic heterocycles. The summed E-state index contributed by atoms with van der Waals surface area (Å²) in [6, 6.07) is 0.664. The molecule has 0 atom stereocenters. The fourth-order valence-electron chi connectivity index (χ4n) is 3.53. The van der Waals surface area contributed by atoms with E-state index in [0.29, 0.717) is 23.5 Å². The molecule has 1 rings (SSSR count). The molecular weight excluding hydrogens is 198 g/mol. The maximum absolute atomic E-state index is 8.74. The fraction of sp³-hybridized carbons (Fsp3) is 1.00. The second-order valence-corrected chi connectivity index (χ2v) is 7.00. The molecule has 1 saturated carbocycles. The molecule has 0 aromatic rings. The van der Waals surface area contributed by atoms with Crippen LogP contribution >= 0.6 is 0 Å². The summed E-state index contributed by atoms with van der Waals surface area (Å²) in [5.74, 6) is 0. The molecule has 1 aliphatic carbocycles. The number of nitrogens with one attached hydrogen (secondary N) is 1. The average Bonchev–Trinajstić information content (AvgIpc) is 2.07. The van der Waals surface area contributed by atoms with Gasteiger partial charge in [0.2, 0.25) is 0 Å². The van der Waals surface area contributed by atoms with Gasteiger partial charge in [-0.15, -0.1) is 0 Å². The van der Waals surface area contributed by atoms with Gasteiger partial charge in [-0.1, -0.05) is 27.7 Å². The van der Waals surface area contributed by atoms with E-state index in [4.69, 9.17) is 5.11 Å². The topological polar surface area (TPSA) is 32.3 Å². The summed E-state index contributed by atoms with van der Waals surface area (Å²) in [4.78, 5) is 0. The van der Waals surface area contributed by atoms with Crippen LogP contribution in [0.3, 0.4) is 0 Å². The van der Waals surface area contributed by atoms with E-state index in [1.165, 1.54) is 19.3 Å². The van der Waals surface area contributed by atoms with Gasteiger partial charge in [-0.25, -0.2) is 0 Å². The number of unbranched alkanes of at least 4 members (excludes halogenated alkanes) is 1. The Morgan fingerprint density at radius 2 is 1.62 bits per heavy atom. The van der Waals surface area contributed by atoms with Gasteiger partial charge < -0.3 is 10.4 Å². The van der Waals surface area contributed by atoms with Gasteiger partial charge in [-0.2, -0.15) is 0 Å². The van der Waals surface area contributed by atoms with E-state index in [1.807, 2.05) is 0 Å². The lowest BCUT2D eigenvalue weighted by atomic mass is 9.63. The van der Waals surface area contributed by atoms with Gasteiger partial charge in [0, 0.05) is 12.6 Å². The predicted octanol–water partition coefficient (Wildman–Crippen LogP) is 2.95. The van der Waals surface area contributed by atoms with Crippen LogP contribution in [-0.2, 0) is 0 Å². The summed E-state index contributed by atoms with van der Waals surface area (Å²) in [5.41, 5.74) is 0.937. The average molecular weight is 227 g/mol. The van der Waals surface area contributed by atoms with E-state index < -0.39 is 0 Å². The highest BCUT2D eigenvalue weighted by Gasteiger charge is 2.37. The molecule has 2 heteroatoms. The number of hydrogen-bond donors (Lipinski definition) is 2. The third-order valence-corrected chi connectivity index (χ3v) is 3.57. The molecule has 0 aliphatic heterocycles. The summed E-state index contributed by atoms with van der Waals surface area (Å²) in [5, 5.41) is 12.4. The Morgan fingerprint density at radius 1 is 1.06 bits per heavy atom. The number of hydrogen-bond acceptors (Lipinski definition) is 2. The third kappa shape index (κ3) is 4.84. The number of rotatable bonds is 5. The minimum atomic E-state index is 0.323. The SMILES string of the molecule is CC1(C)CC(NCCCCO)CC(C)(C)C1. The van der Waals surface area contributed by atoms with Crippen molar-refractivity contribution in [1.29, 1.82) is 0 Å². The first-order chi connectivity index (χ1) is 7.35. The molecule has 2 nitrogen and oxygen atoms in total. The van der Waals surface area contributed by atoms with Crippen LogP contribution in [0.2, 0.25) is 0 Å². The Bertz CT molecular complexity index is 195. The first kappa shape index (κ1) is 14.0. The van der Waals surface area contributed by atoms with Gasteiger partial charge in [-0.05, 0) is 49.5 Å². The first-order valence-electron chi connectivity index (χ1n) is 6.69. The maximum atomic E-state index is 8.74. The highest BCUT2D eigenvalue weighted by molar-refractivity contribution is 4.92. The van der Waals surface area contributed by atoms with Gasteiger partial charge in [0.05, 0.1) is 0 Å². The van der Waals surface area contributed by atoms with Crippen LogP contribution in [0, 0.1) is 10.8 Å². The van der Waals surface area contributed by atoms with E-state index >= 15 is 0 Å². The largest absolute Gasteiger partial charge is 0.396 e. The third-order valence-electron chi connectivity index (χ3n) is 3.57. The monoisotopic (exact) mass is 227 g/mol. The first-order valence-corrected chi connectivity index (χ1v) is 6.69. The van der Waals surface area contributed by atoms with Crippen LogP contribution < -0.4 is 5.32 Å². The Morgan fingerprint density at radius 3 is 2.12 bits per heavy atom. The zero-order valence-electron chi connectivity index (χ0n) is 11.5. The summed E-state index contributed by atoms with van der Waals surface area (Å²) in [6.45, 7) is 10.9. The second kappa shape index (κ2) is 5.50. The van der Waals surface area contributed by atoms with Crippen molar-refractivity contribution in [3.63, 3.8) is 0 Å². The minimum absolute atomic E-state index is 0.323. The fourth-order valence-corrected chi connectivity index (χ4v) is 3.53. The van der Waals surface area contributed by atoms with E-state index in [1.54, 1.807) is 0 Å². The number of aliphatic hydroxyl groups is 1. The van der Waals surface area contributed by atoms with Gasteiger partial charge in [0.25, 0.3) is 0 Å². The second-order valence-electron chi connectivity index (χ2n) is 7.00. The van der Waals surface area contributed by atoms with Crippen LogP contribution in [0.1, 0.15) is 59.8 Å². The lowest BCUT2D eigenvalue weighted by Crippen LogP contribution is -2.44. The van der Waals surface area contributed by atoms with Crippen LogP contribution in [0.25, 0.3) is 0 Å². The van der Waals surface area contributed by atoms with Gasteiger partial charge in [-0.3, -0.25) is 0 Å². The number of aliphatic hydroxyl groups excluding tert-OH is 1. The van der Waals surface area contributed by atoms with E-state index in [2.05, 4.69) is 33.0 Å². The molecule has 1 fully saturated rings. The van der Waals surface area contributed by atoms with Crippen LogP contribution in [0.4, 0.5) is 0 Å². The van der Waals surface area contributed by atoms with Crippen LogP contribution in [0.15, 0.2) is 0 Å². The van der Waals surface area contributed by atoms with Crippen molar-refractivity contribution in [2.75, 3.05) is 13.2 Å². The van der Waals surface area contributed by atoms with Gasteiger partial charge in [0.1, 0.15) is 0 Å². The molecule has 0 heterocycles. The van der Waals surface area contributed by atoms with Crippen molar-refractivity contribution < 1.29 is 5.11 Å². The molecule has 16 heavy (non-hydrogen) atoms. The molecule has 0 amide bonds. The zero-order valence-corrected chi connectivity index (χ0v) is 11.5. The quantitative estimate of drug-likeness (QED) is 0.708. The molecule has 2 N–H and O–H groups in total. The minimum Gasteiger partial charge on any atom is -0.396 e. The Balaban J connectivity index is 2.36. The van der Waals surface area contributed by atoms with Crippen LogP contribution in [-0.4, -0.2) is 24.3 Å². The molecule has 1 aliphatic rings. The van der Waals surface area contributed by atoms with Gasteiger partial charge in [0.15, 0.2) is 0 Å². The van der Waals surface area contributed by atoms with Crippen molar-refractivity contribution in [1.82, 2.24) is 5.32 Å². The van der Waals surface area contributed by atoms with Gasteiger partial charge >= 0.3 is 0 Å². The molecule has 0 bridgehead atoms.